The van der Waals surface area contributed by atoms with Gasteiger partial charge in [0.15, 0.2) is 0 Å². The van der Waals surface area contributed by atoms with Crippen LogP contribution in [-0.2, 0) is 4.74 Å². The van der Waals surface area contributed by atoms with Crippen molar-refractivity contribution >= 4 is 0 Å². The highest BCUT2D eigenvalue weighted by Gasteiger charge is 2.29. The van der Waals surface area contributed by atoms with Gasteiger partial charge in [-0.1, -0.05) is 13.8 Å². The van der Waals surface area contributed by atoms with Crippen molar-refractivity contribution in [1.82, 2.24) is 4.90 Å². The number of rotatable bonds is 3. The average molecular weight is 185 g/mol. The SMILES string of the molecule is CC(C)CCN1CCOCC1(C)C. The molecule has 1 fully saturated rings. The van der Waals surface area contributed by atoms with Crippen molar-refractivity contribution < 1.29 is 4.74 Å². The van der Waals surface area contributed by atoms with Crippen LogP contribution in [0.3, 0.4) is 0 Å². The number of nitrogens with zero attached hydrogens (tertiary/aromatic N) is 1. The van der Waals surface area contributed by atoms with Gasteiger partial charge in [0.2, 0.25) is 0 Å². The van der Waals surface area contributed by atoms with Crippen molar-refractivity contribution in [2.75, 3.05) is 26.3 Å². The zero-order valence-corrected chi connectivity index (χ0v) is 9.47. The Labute approximate surface area is 82.3 Å². The van der Waals surface area contributed by atoms with Gasteiger partial charge in [-0.2, -0.15) is 0 Å². The molecule has 0 N–H and O–H groups in total. The summed E-state index contributed by atoms with van der Waals surface area (Å²) in [6.07, 6.45) is 1.30. The molecule has 1 heterocycles. The molecule has 1 aliphatic heterocycles. The highest BCUT2D eigenvalue weighted by molar-refractivity contribution is 4.84. The Balaban J connectivity index is 2.37. The molecule has 1 aliphatic rings. The van der Waals surface area contributed by atoms with E-state index < -0.39 is 0 Å². The molecular formula is C11H23NO. The Morgan fingerprint density at radius 2 is 2.08 bits per heavy atom. The molecule has 0 bridgehead atoms. The Hall–Kier alpha value is -0.0800. The lowest BCUT2D eigenvalue weighted by Gasteiger charge is -2.42. The van der Waals surface area contributed by atoms with Gasteiger partial charge in [0.1, 0.15) is 0 Å². The number of hydrogen-bond acceptors (Lipinski definition) is 2. The van der Waals surface area contributed by atoms with E-state index in [1.54, 1.807) is 0 Å². The number of ether oxygens (including phenoxy) is 1. The van der Waals surface area contributed by atoms with Gasteiger partial charge in [0, 0.05) is 12.1 Å². The number of hydrogen-bond donors (Lipinski definition) is 0. The van der Waals surface area contributed by atoms with Gasteiger partial charge in [-0.05, 0) is 32.7 Å². The van der Waals surface area contributed by atoms with Gasteiger partial charge >= 0.3 is 0 Å². The maximum atomic E-state index is 5.48. The summed E-state index contributed by atoms with van der Waals surface area (Å²) in [7, 11) is 0. The first-order valence-corrected chi connectivity index (χ1v) is 5.35. The maximum absolute atomic E-state index is 5.48. The predicted octanol–water partition coefficient (Wildman–Crippen LogP) is 2.14. The molecule has 0 spiro atoms. The van der Waals surface area contributed by atoms with Crippen molar-refractivity contribution in [3.05, 3.63) is 0 Å². The lowest BCUT2D eigenvalue weighted by molar-refractivity contribution is -0.0523. The van der Waals surface area contributed by atoms with E-state index in [1.165, 1.54) is 13.0 Å². The van der Waals surface area contributed by atoms with Gasteiger partial charge in [-0.25, -0.2) is 0 Å². The quantitative estimate of drug-likeness (QED) is 0.668. The standard InChI is InChI=1S/C11H23NO/c1-10(2)5-6-12-7-8-13-9-11(12,3)4/h10H,5-9H2,1-4H3. The third kappa shape index (κ3) is 3.28. The smallest absolute Gasteiger partial charge is 0.0645 e. The van der Waals surface area contributed by atoms with Crippen molar-refractivity contribution in [3.8, 4) is 0 Å². The molecule has 0 aliphatic carbocycles. The summed E-state index contributed by atoms with van der Waals surface area (Å²) in [6, 6.07) is 0. The van der Waals surface area contributed by atoms with Gasteiger partial charge in [0.25, 0.3) is 0 Å². The van der Waals surface area contributed by atoms with Gasteiger partial charge in [0.05, 0.1) is 13.2 Å². The summed E-state index contributed by atoms with van der Waals surface area (Å²) in [5.74, 6) is 0.804. The summed E-state index contributed by atoms with van der Waals surface area (Å²) in [6.45, 7) is 13.2. The van der Waals surface area contributed by atoms with Crippen LogP contribution in [0.25, 0.3) is 0 Å². The molecule has 0 unspecified atom stereocenters. The summed E-state index contributed by atoms with van der Waals surface area (Å²) in [5, 5.41) is 0. The van der Waals surface area contributed by atoms with Crippen LogP contribution in [0.15, 0.2) is 0 Å². The molecule has 0 amide bonds. The topological polar surface area (TPSA) is 12.5 Å². The van der Waals surface area contributed by atoms with E-state index >= 15 is 0 Å². The van der Waals surface area contributed by atoms with Crippen LogP contribution >= 0.6 is 0 Å². The summed E-state index contributed by atoms with van der Waals surface area (Å²) >= 11 is 0. The first kappa shape index (κ1) is 11.0. The van der Waals surface area contributed by atoms with Crippen LogP contribution in [-0.4, -0.2) is 36.7 Å². The first-order chi connectivity index (χ1) is 6.02. The first-order valence-electron chi connectivity index (χ1n) is 5.35. The van der Waals surface area contributed by atoms with Gasteiger partial charge in [-0.3, -0.25) is 4.90 Å². The van der Waals surface area contributed by atoms with E-state index in [1.807, 2.05) is 0 Å². The summed E-state index contributed by atoms with van der Waals surface area (Å²) < 4.78 is 5.48. The minimum absolute atomic E-state index is 0.243. The van der Waals surface area contributed by atoms with E-state index in [0.717, 1.165) is 25.7 Å². The van der Waals surface area contributed by atoms with E-state index in [-0.39, 0.29) is 5.54 Å². The molecule has 1 rings (SSSR count). The molecule has 0 saturated carbocycles. The van der Waals surface area contributed by atoms with Crippen molar-refractivity contribution in [2.45, 2.75) is 39.7 Å². The Bertz CT molecular complexity index is 154. The second-order valence-electron chi connectivity index (χ2n) is 5.03. The van der Waals surface area contributed by atoms with Crippen LogP contribution in [0.1, 0.15) is 34.1 Å². The predicted molar refractivity (Wildman–Crippen MR) is 55.9 cm³/mol. The lowest BCUT2D eigenvalue weighted by Crippen LogP contribution is -2.53. The summed E-state index contributed by atoms with van der Waals surface area (Å²) in [4.78, 5) is 2.55. The minimum Gasteiger partial charge on any atom is -0.378 e. The largest absolute Gasteiger partial charge is 0.378 e. The molecular weight excluding hydrogens is 162 g/mol. The van der Waals surface area contributed by atoms with E-state index in [4.69, 9.17) is 4.74 Å². The summed E-state index contributed by atoms with van der Waals surface area (Å²) in [5.41, 5.74) is 0.243. The van der Waals surface area contributed by atoms with E-state index in [2.05, 4.69) is 32.6 Å². The van der Waals surface area contributed by atoms with Gasteiger partial charge in [-0.15, -0.1) is 0 Å². The second kappa shape index (κ2) is 4.43. The molecule has 2 nitrogen and oxygen atoms in total. The van der Waals surface area contributed by atoms with Crippen molar-refractivity contribution in [2.24, 2.45) is 5.92 Å². The molecule has 1 saturated heterocycles. The monoisotopic (exact) mass is 185 g/mol. The molecule has 0 radical (unpaired) electrons. The number of morpholine rings is 1. The second-order valence-corrected chi connectivity index (χ2v) is 5.03. The Morgan fingerprint density at radius 3 is 2.62 bits per heavy atom. The van der Waals surface area contributed by atoms with Crippen LogP contribution in [0, 0.1) is 5.92 Å². The average Bonchev–Trinajstić information content (AvgIpc) is 2.01. The van der Waals surface area contributed by atoms with Crippen molar-refractivity contribution in [3.63, 3.8) is 0 Å². The normalized spacial score (nSPS) is 23.8. The van der Waals surface area contributed by atoms with Gasteiger partial charge < -0.3 is 4.74 Å². The van der Waals surface area contributed by atoms with Crippen LogP contribution in [0.4, 0.5) is 0 Å². The third-order valence-electron chi connectivity index (χ3n) is 2.79. The Kier molecular flexibility index (Phi) is 3.74. The van der Waals surface area contributed by atoms with Crippen molar-refractivity contribution in [1.29, 1.82) is 0 Å². The fourth-order valence-electron chi connectivity index (χ4n) is 1.72. The zero-order chi connectivity index (χ0) is 9.90. The maximum Gasteiger partial charge on any atom is 0.0645 e. The molecule has 0 aromatic rings. The van der Waals surface area contributed by atoms with Crippen LogP contribution in [0.2, 0.25) is 0 Å². The third-order valence-corrected chi connectivity index (χ3v) is 2.79. The van der Waals surface area contributed by atoms with E-state index in [0.29, 0.717) is 0 Å². The molecule has 13 heavy (non-hydrogen) atoms. The van der Waals surface area contributed by atoms with Crippen LogP contribution < -0.4 is 0 Å². The van der Waals surface area contributed by atoms with Crippen LogP contribution in [0.5, 0.6) is 0 Å². The molecule has 0 aromatic heterocycles. The van der Waals surface area contributed by atoms with E-state index in [9.17, 15) is 0 Å². The zero-order valence-electron chi connectivity index (χ0n) is 9.47. The molecule has 0 aromatic carbocycles. The lowest BCUT2D eigenvalue weighted by atomic mass is 10.0. The highest BCUT2D eigenvalue weighted by atomic mass is 16.5. The molecule has 2 heteroatoms. The molecule has 78 valence electrons. The fourth-order valence-corrected chi connectivity index (χ4v) is 1.72. The highest BCUT2D eigenvalue weighted by Crippen LogP contribution is 2.19. The molecule has 0 atom stereocenters. The Morgan fingerprint density at radius 1 is 1.38 bits per heavy atom. The fraction of sp³-hybridized carbons (Fsp3) is 1.00. The minimum atomic E-state index is 0.243.